The van der Waals surface area contributed by atoms with Crippen molar-refractivity contribution in [3.05, 3.63) is 100 Å². The van der Waals surface area contributed by atoms with Gasteiger partial charge in [-0.2, -0.15) is 0 Å². The van der Waals surface area contributed by atoms with Crippen molar-refractivity contribution in [1.82, 2.24) is 10.2 Å². The molecule has 0 bridgehead atoms. The molecular weight excluding hydrogens is 486 g/mol. The van der Waals surface area contributed by atoms with Crippen LogP contribution in [0.3, 0.4) is 0 Å². The van der Waals surface area contributed by atoms with Crippen LogP contribution in [0, 0.1) is 6.92 Å². The lowest BCUT2D eigenvalue weighted by Gasteiger charge is -2.40. The highest BCUT2D eigenvalue weighted by molar-refractivity contribution is 6.28. The fourth-order valence-electron chi connectivity index (χ4n) is 5.29. The first-order valence-electron chi connectivity index (χ1n) is 12.7. The summed E-state index contributed by atoms with van der Waals surface area (Å²) in [6.07, 6.45) is 1.69. The maximum Gasteiger partial charge on any atom is 0.252 e. The van der Waals surface area contributed by atoms with Crippen molar-refractivity contribution in [3.8, 4) is 0 Å². The van der Waals surface area contributed by atoms with E-state index >= 15 is 0 Å². The van der Waals surface area contributed by atoms with E-state index in [9.17, 15) is 14.4 Å². The van der Waals surface area contributed by atoms with Gasteiger partial charge in [-0.3, -0.25) is 19.3 Å². The standard InChI is InChI=1S/C30H31N3O3.ClH/c1-3-8-27(33-17-15-32(16-18-33)26-12-7-4-9-20(26)2)31-30(36)21-13-14-24-25(19-21)29(35)23-11-6-5-10-22(23)28(24)34;/h4-7,9-14,19,27H,3,8,15-18H2,1-2H3,(H,31,36);1H. The molecule has 1 N–H and O–H groups in total. The third-order valence-corrected chi connectivity index (χ3v) is 7.26. The number of ketones is 2. The summed E-state index contributed by atoms with van der Waals surface area (Å²) in [4.78, 5) is 44.0. The van der Waals surface area contributed by atoms with E-state index < -0.39 is 0 Å². The molecule has 0 radical (unpaired) electrons. The number of piperazine rings is 1. The largest absolute Gasteiger partial charge is 0.369 e. The van der Waals surface area contributed by atoms with E-state index in [1.165, 1.54) is 11.3 Å². The Bertz CT molecular complexity index is 1330. The van der Waals surface area contributed by atoms with Gasteiger partial charge in [0.05, 0.1) is 6.17 Å². The van der Waals surface area contributed by atoms with Crippen molar-refractivity contribution >= 4 is 35.6 Å². The van der Waals surface area contributed by atoms with Crippen molar-refractivity contribution < 1.29 is 14.4 Å². The number of carbonyl (C=O) groups excluding carboxylic acids is 3. The number of hydrogen-bond donors (Lipinski definition) is 1. The molecule has 3 aromatic rings. The first-order chi connectivity index (χ1) is 17.5. The highest BCUT2D eigenvalue weighted by atomic mass is 35.5. The van der Waals surface area contributed by atoms with E-state index in [2.05, 4.69) is 53.2 Å². The topological polar surface area (TPSA) is 69.7 Å². The van der Waals surface area contributed by atoms with Crippen molar-refractivity contribution in [2.75, 3.05) is 31.1 Å². The fraction of sp³-hybridized carbons (Fsp3) is 0.300. The number of aryl methyl sites for hydroxylation is 1. The van der Waals surface area contributed by atoms with Gasteiger partial charge in [-0.1, -0.05) is 55.8 Å². The Kier molecular flexibility index (Phi) is 8.10. The number of carbonyl (C=O) groups is 3. The van der Waals surface area contributed by atoms with Gasteiger partial charge in [0.15, 0.2) is 11.6 Å². The first kappa shape index (κ1) is 26.6. The Morgan fingerprint density at radius 2 is 1.43 bits per heavy atom. The van der Waals surface area contributed by atoms with E-state index in [1.54, 1.807) is 42.5 Å². The molecule has 6 nitrogen and oxygen atoms in total. The Hall–Kier alpha value is -3.48. The van der Waals surface area contributed by atoms with Crippen molar-refractivity contribution in [3.63, 3.8) is 0 Å². The molecule has 2 aliphatic rings. The van der Waals surface area contributed by atoms with Crippen LogP contribution in [-0.4, -0.2) is 54.7 Å². The number of anilines is 1. The van der Waals surface area contributed by atoms with Crippen molar-refractivity contribution in [2.24, 2.45) is 0 Å². The second-order valence-electron chi connectivity index (χ2n) is 9.55. The van der Waals surface area contributed by atoms with E-state index in [4.69, 9.17) is 0 Å². The van der Waals surface area contributed by atoms with Crippen LogP contribution in [-0.2, 0) is 0 Å². The van der Waals surface area contributed by atoms with Gasteiger partial charge in [0.2, 0.25) is 0 Å². The molecular formula is C30H32ClN3O3. The fourth-order valence-corrected chi connectivity index (χ4v) is 5.29. The van der Waals surface area contributed by atoms with Gasteiger partial charge in [-0.05, 0) is 43.2 Å². The number of nitrogens with zero attached hydrogens (tertiary/aromatic N) is 2. The third kappa shape index (κ3) is 5.17. The summed E-state index contributed by atoms with van der Waals surface area (Å²) in [5.41, 5.74) is 4.39. The molecule has 1 saturated heterocycles. The molecule has 5 rings (SSSR count). The summed E-state index contributed by atoms with van der Waals surface area (Å²) < 4.78 is 0. The van der Waals surface area contributed by atoms with E-state index in [0.717, 1.165) is 39.0 Å². The lowest BCUT2D eigenvalue weighted by molar-refractivity contribution is 0.0824. The monoisotopic (exact) mass is 517 g/mol. The minimum absolute atomic E-state index is 0. The predicted molar refractivity (Wildman–Crippen MR) is 148 cm³/mol. The van der Waals surface area contributed by atoms with Gasteiger partial charge in [0.25, 0.3) is 5.91 Å². The molecule has 1 aliphatic heterocycles. The van der Waals surface area contributed by atoms with E-state index in [1.807, 2.05) is 0 Å². The van der Waals surface area contributed by atoms with Gasteiger partial charge >= 0.3 is 0 Å². The molecule has 192 valence electrons. The van der Waals surface area contributed by atoms with E-state index in [-0.39, 0.29) is 36.0 Å². The van der Waals surface area contributed by atoms with Crippen LogP contribution >= 0.6 is 12.4 Å². The number of benzene rings is 3. The Balaban J connectivity index is 0.00000320. The Labute approximate surface area is 224 Å². The molecule has 1 heterocycles. The van der Waals surface area contributed by atoms with Crippen LogP contribution in [0.5, 0.6) is 0 Å². The number of fused-ring (bicyclic) bond motifs is 2. The zero-order valence-electron chi connectivity index (χ0n) is 21.2. The quantitative estimate of drug-likeness (QED) is 0.395. The summed E-state index contributed by atoms with van der Waals surface area (Å²) in [7, 11) is 0. The van der Waals surface area contributed by atoms with Crippen LogP contribution in [0.2, 0.25) is 0 Å². The van der Waals surface area contributed by atoms with Crippen LogP contribution in [0.25, 0.3) is 0 Å². The lowest BCUT2D eigenvalue weighted by Crippen LogP contribution is -2.56. The molecule has 3 aromatic carbocycles. The normalized spacial score (nSPS) is 15.9. The molecule has 1 fully saturated rings. The van der Waals surface area contributed by atoms with Gasteiger partial charge in [0.1, 0.15) is 0 Å². The molecule has 1 unspecified atom stereocenters. The number of nitrogens with one attached hydrogen (secondary N) is 1. The maximum atomic E-state index is 13.3. The number of hydrogen-bond acceptors (Lipinski definition) is 5. The number of rotatable bonds is 6. The van der Waals surface area contributed by atoms with Gasteiger partial charge in [-0.15, -0.1) is 12.4 Å². The number of halogens is 1. The molecule has 1 amide bonds. The van der Waals surface area contributed by atoms with Crippen LogP contribution in [0.1, 0.15) is 67.5 Å². The average molecular weight is 518 g/mol. The second-order valence-corrected chi connectivity index (χ2v) is 9.55. The van der Waals surface area contributed by atoms with Crippen molar-refractivity contribution in [1.29, 1.82) is 0 Å². The minimum Gasteiger partial charge on any atom is -0.369 e. The molecule has 1 atom stereocenters. The van der Waals surface area contributed by atoms with Crippen LogP contribution < -0.4 is 10.2 Å². The van der Waals surface area contributed by atoms with E-state index in [0.29, 0.717) is 27.8 Å². The minimum atomic E-state index is -0.225. The summed E-state index contributed by atoms with van der Waals surface area (Å²) in [6.45, 7) is 7.76. The summed E-state index contributed by atoms with van der Waals surface area (Å²) in [5.74, 6) is -0.619. The highest BCUT2D eigenvalue weighted by Gasteiger charge is 2.31. The summed E-state index contributed by atoms with van der Waals surface area (Å²) in [6, 6.07) is 20.1. The lowest BCUT2D eigenvalue weighted by atomic mass is 9.83. The smallest absolute Gasteiger partial charge is 0.252 e. The summed E-state index contributed by atoms with van der Waals surface area (Å²) in [5, 5.41) is 3.19. The molecule has 1 aliphatic carbocycles. The number of para-hydroxylation sites is 1. The van der Waals surface area contributed by atoms with Crippen LogP contribution in [0.4, 0.5) is 5.69 Å². The molecule has 0 saturated carbocycles. The predicted octanol–water partition coefficient (Wildman–Crippen LogP) is 4.87. The Morgan fingerprint density at radius 3 is 2.08 bits per heavy atom. The van der Waals surface area contributed by atoms with Crippen molar-refractivity contribution in [2.45, 2.75) is 32.9 Å². The molecule has 37 heavy (non-hydrogen) atoms. The molecule has 0 aromatic heterocycles. The zero-order valence-corrected chi connectivity index (χ0v) is 22.0. The molecule has 0 spiro atoms. The number of amides is 1. The Morgan fingerprint density at radius 1 is 0.838 bits per heavy atom. The highest BCUT2D eigenvalue weighted by Crippen LogP contribution is 2.28. The van der Waals surface area contributed by atoms with Crippen LogP contribution in [0.15, 0.2) is 66.7 Å². The van der Waals surface area contributed by atoms with Gasteiger partial charge in [-0.25, -0.2) is 0 Å². The van der Waals surface area contributed by atoms with Gasteiger partial charge in [0, 0.05) is 59.7 Å². The first-order valence-corrected chi connectivity index (χ1v) is 12.7. The van der Waals surface area contributed by atoms with Gasteiger partial charge < -0.3 is 10.2 Å². The second kappa shape index (κ2) is 11.3. The molecule has 7 heteroatoms. The average Bonchev–Trinajstić information content (AvgIpc) is 2.91. The maximum absolute atomic E-state index is 13.3. The zero-order chi connectivity index (χ0) is 25.2. The summed E-state index contributed by atoms with van der Waals surface area (Å²) >= 11 is 0. The SMILES string of the molecule is CCCC(NC(=O)c1ccc2c(c1)C(=O)c1ccccc1C2=O)N1CCN(c2ccccc2C)CC1.Cl. The third-order valence-electron chi connectivity index (χ3n) is 7.26.